The Bertz CT molecular complexity index is 926. The van der Waals surface area contributed by atoms with E-state index in [0.717, 1.165) is 12.8 Å². The number of benzene rings is 2. The quantitative estimate of drug-likeness (QED) is 0.646. The second-order valence-corrected chi connectivity index (χ2v) is 8.30. The number of halogens is 1. The zero-order valence-corrected chi connectivity index (χ0v) is 17.8. The summed E-state index contributed by atoms with van der Waals surface area (Å²) in [6, 6.07) is 11.0. The van der Waals surface area contributed by atoms with Crippen molar-refractivity contribution in [1.29, 1.82) is 0 Å². The number of sulfonamides is 1. The van der Waals surface area contributed by atoms with E-state index < -0.39 is 10.0 Å². The van der Waals surface area contributed by atoms with Gasteiger partial charge in [-0.1, -0.05) is 37.6 Å². The van der Waals surface area contributed by atoms with Gasteiger partial charge in [-0.2, -0.15) is 0 Å². The summed E-state index contributed by atoms with van der Waals surface area (Å²) in [5.41, 5.74) is 0.572. The highest BCUT2D eigenvalue weighted by Gasteiger charge is 2.23. The van der Waals surface area contributed by atoms with Gasteiger partial charge in [0, 0.05) is 18.7 Å². The molecule has 0 saturated heterocycles. The van der Waals surface area contributed by atoms with Crippen molar-refractivity contribution in [3.05, 3.63) is 53.1 Å². The molecule has 152 valence electrons. The Morgan fingerprint density at radius 1 is 1.11 bits per heavy atom. The summed E-state index contributed by atoms with van der Waals surface area (Å²) in [6.07, 6.45) is 1.64. The number of carbonyl (C=O) groups is 1. The molecule has 8 heteroatoms. The lowest BCUT2D eigenvalue weighted by molar-refractivity contribution is 0.0755. The molecule has 0 fully saturated rings. The zero-order valence-electron chi connectivity index (χ0n) is 16.2. The average Bonchev–Trinajstić information content (AvgIpc) is 2.67. The Morgan fingerprint density at radius 2 is 1.75 bits per heavy atom. The maximum atomic E-state index is 12.9. The number of amides is 1. The van der Waals surface area contributed by atoms with E-state index in [4.69, 9.17) is 16.3 Å². The second kappa shape index (κ2) is 9.80. The fourth-order valence-electron chi connectivity index (χ4n) is 2.81. The van der Waals surface area contributed by atoms with Crippen molar-refractivity contribution < 1.29 is 17.9 Å². The molecule has 6 nitrogen and oxygen atoms in total. The number of rotatable bonds is 9. The Kier molecular flexibility index (Phi) is 7.71. The molecule has 0 atom stereocenters. The molecule has 0 aliphatic carbocycles. The summed E-state index contributed by atoms with van der Waals surface area (Å²) >= 11 is 6.15. The maximum absolute atomic E-state index is 12.9. The van der Waals surface area contributed by atoms with Gasteiger partial charge in [0.15, 0.2) is 0 Å². The average molecular weight is 425 g/mol. The molecule has 1 N–H and O–H groups in total. The third-order valence-corrected chi connectivity index (χ3v) is 5.94. The predicted molar refractivity (Wildman–Crippen MR) is 112 cm³/mol. The number of hydrogen-bond donors (Lipinski definition) is 1. The number of para-hydroxylation sites is 2. The lowest BCUT2D eigenvalue weighted by atomic mass is 10.2. The molecule has 0 unspecified atom stereocenters. The molecular formula is C20H25ClN2O4S. The van der Waals surface area contributed by atoms with Crippen molar-refractivity contribution in [1.82, 2.24) is 4.90 Å². The van der Waals surface area contributed by atoms with E-state index in [-0.39, 0.29) is 27.1 Å². The minimum Gasteiger partial charge on any atom is -0.495 e. The monoisotopic (exact) mass is 424 g/mol. The minimum absolute atomic E-state index is 0.0384. The van der Waals surface area contributed by atoms with Crippen LogP contribution in [0, 0.1) is 0 Å². The van der Waals surface area contributed by atoms with E-state index >= 15 is 0 Å². The Balaban J connectivity index is 2.39. The molecule has 2 aromatic rings. The van der Waals surface area contributed by atoms with Crippen molar-refractivity contribution in [2.24, 2.45) is 0 Å². The van der Waals surface area contributed by atoms with Crippen molar-refractivity contribution in [2.45, 2.75) is 31.6 Å². The Hall–Kier alpha value is -2.25. The maximum Gasteiger partial charge on any atom is 0.263 e. The van der Waals surface area contributed by atoms with E-state index in [1.807, 2.05) is 13.8 Å². The van der Waals surface area contributed by atoms with E-state index in [2.05, 4.69) is 4.72 Å². The van der Waals surface area contributed by atoms with Crippen LogP contribution in [0.3, 0.4) is 0 Å². The van der Waals surface area contributed by atoms with Crippen LogP contribution in [0.5, 0.6) is 5.75 Å². The van der Waals surface area contributed by atoms with E-state index in [1.54, 1.807) is 35.2 Å². The van der Waals surface area contributed by atoms with Gasteiger partial charge in [-0.05, 0) is 43.2 Å². The van der Waals surface area contributed by atoms with Crippen LogP contribution in [0.15, 0.2) is 47.4 Å². The standard InChI is InChI=1S/C20H25ClN2O4S/c1-4-12-23(13-5-2)20(24)15-10-11-16(21)19(14-15)28(25,26)22-17-8-6-7-9-18(17)27-3/h6-11,14,22H,4-5,12-13H2,1-3H3. The first kappa shape index (κ1) is 22.0. The van der Waals surface area contributed by atoms with Crippen molar-refractivity contribution in [3.8, 4) is 5.75 Å². The van der Waals surface area contributed by atoms with Crippen molar-refractivity contribution in [3.63, 3.8) is 0 Å². The molecule has 1 amide bonds. The van der Waals surface area contributed by atoms with E-state index in [0.29, 0.717) is 18.8 Å². The molecule has 0 bridgehead atoms. The summed E-state index contributed by atoms with van der Waals surface area (Å²) in [5, 5.41) is 0.0384. The number of nitrogens with one attached hydrogen (secondary N) is 1. The smallest absolute Gasteiger partial charge is 0.263 e. The molecule has 0 saturated carbocycles. The van der Waals surface area contributed by atoms with Crippen LogP contribution in [0.2, 0.25) is 5.02 Å². The number of hydrogen-bond acceptors (Lipinski definition) is 4. The van der Waals surface area contributed by atoms with Gasteiger partial charge in [-0.25, -0.2) is 8.42 Å². The van der Waals surface area contributed by atoms with Gasteiger partial charge in [-0.3, -0.25) is 9.52 Å². The molecule has 2 aromatic carbocycles. The molecular weight excluding hydrogens is 400 g/mol. The Morgan fingerprint density at radius 3 is 2.36 bits per heavy atom. The molecule has 0 spiro atoms. The molecule has 0 aliphatic rings. The molecule has 28 heavy (non-hydrogen) atoms. The highest BCUT2D eigenvalue weighted by atomic mass is 35.5. The van der Waals surface area contributed by atoms with Crippen LogP contribution in [0.4, 0.5) is 5.69 Å². The van der Waals surface area contributed by atoms with E-state index in [9.17, 15) is 13.2 Å². The molecule has 0 aliphatic heterocycles. The summed E-state index contributed by atoms with van der Waals surface area (Å²) in [5.74, 6) is 0.167. The van der Waals surface area contributed by atoms with Crippen LogP contribution in [-0.4, -0.2) is 39.4 Å². The highest BCUT2D eigenvalue weighted by Crippen LogP contribution is 2.29. The predicted octanol–water partition coefficient (Wildman–Crippen LogP) is 4.41. The zero-order chi connectivity index (χ0) is 20.7. The van der Waals surface area contributed by atoms with Gasteiger partial charge in [0.05, 0.1) is 17.8 Å². The highest BCUT2D eigenvalue weighted by molar-refractivity contribution is 7.92. The number of methoxy groups -OCH3 is 1. The van der Waals surface area contributed by atoms with E-state index in [1.165, 1.54) is 19.2 Å². The lowest BCUT2D eigenvalue weighted by Crippen LogP contribution is -2.32. The van der Waals surface area contributed by atoms with Crippen molar-refractivity contribution in [2.75, 3.05) is 24.9 Å². The fourth-order valence-corrected chi connectivity index (χ4v) is 4.41. The SMILES string of the molecule is CCCN(CCC)C(=O)c1ccc(Cl)c(S(=O)(=O)Nc2ccccc2OC)c1. The summed E-state index contributed by atoms with van der Waals surface area (Å²) in [6.45, 7) is 5.20. The third kappa shape index (κ3) is 5.17. The number of nitrogens with zero attached hydrogens (tertiary/aromatic N) is 1. The summed E-state index contributed by atoms with van der Waals surface area (Å²) in [7, 11) is -2.56. The van der Waals surface area contributed by atoms with Crippen LogP contribution in [0.1, 0.15) is 37.0 Å². The van der Waals surface area contributed by atoms with Crippen LogP contribution >= 0.6 is 11.6 Å². The Labute approximate surface area is 171 Å². The third-order valence-electron chi connectivity index (χ3n) is 4.09. The van der Waals surface area contributed by atoms with Crippen molar-refractivity contribution >= 4 is 33.2 Å². The van der Waals surface area contributed by atoms with Gasteiger partial charge in [0.1, 0.15) is 10.6 Å². The topological polar surface area (TPSA) is 75.7 Å². The first-order valence-corrected chi connectivity index (χ1v) is 10.9. The van der Waals surface area contributed by atoms with Gasteiger partial charge in [0.2, 0.25) is 0 Å². The number of ether oxygens (including phenoxy) is 1. The van der Waals surface area contributed by atoms with Gasteiger partial charge in [-0.15, -0.1) is 0 Å². The van der Waals surface area contributed by atoms with Crippen LogP contribution < -0.4 is 9.46 Å². The summed E-state index contributed by atoms with van der Waals surface area (Å²) < 4.78 is 33.5. The number of carbonyl (C=O) groups excluding carboxylic acids is 1. The first-order valence-electron chi connectivity index (χ1n) is 9.08. The molecule has 2 rings (SSSR count). The minimum atomic E-state index is -4.02. The number of anilines is 1. The molecule has 0 heterocycles. The fraction of sp³-hybridized carbons (Fsp3) is 0.350. The van der Waals surface area contributed by atoms with Gasteiger partial charge >= 0.3 is 0 Å². The normalized spacial score (nSPS) is 11.1. The van der Waals surface area contributed by atoms with Gasteiger partial charge < -0.3 is 9.64 Å². The lowest BCUT2D eigenvalue weighted by Gasteiger charge is -2.22. The molecule has 0 radical (unpaired) electrons. The van der Waals surface area contributed by atoms with Crippen LogP contribution in [0.25, 0.3) is 0 Å². The molecule has 0 aromatic heterocycles. The van der Waals surface area contributed by atoms with Gasteiger partial charge in [0.25, 0.3) is 15.9 Å². The summed E-state index contributed by atoms with van der Waals surface area (Å²) in [4.78, 5) is 14.4. The first-order chi connectivity index (χ1) is 13.3. The second-order valence-electron chi connectivity index (χ2n) is 6.24. The largest absolute Gasteiger partial charge is 0.495 e. The van der Waals surface area contributed by atoms with Crippen LogP contribution in [-0.2, 0) is 10.0 Å².